The van der Waals surface area contributed by atoms with Crippen molar-refractivity contribution in [2.75, 3.05) is 52.3 Å². The Morgan fingerprint density at radius 1 is 1.03 bits per heavy atom. The summed E-state index contributed by atoms with van der Waals surface area (Å²) in [4.78, 5) is 28.3. The van der Waals surface area contributed by atoms with Crippen LogP contribution in [0.3, 0.4) is 0 Å². The van der Waals surface area contributed by atoms with Crippen LogP contribution in [0.2, 0.25) is 0 Å². The lowest BCUT2D eigenvalue weighted by molar-refractivity contribution is -0.895. The van der Waals surface area contributed by atoms with Crippen molar-refractivity contribution in [2.45, 2.75) is 19.8 Å². The Hall–Kier alpha value is -3.06. The lowest BCUT2D eigenvalue weighted by Gasteiger charge is -2.32. The number of hydrogen-bond acceptors (Lipinski definition) is 4. The van der Waals surface area contributed by atoms with Crippen molar-refractivity contribution in [1.82, 2.24) is 4.90 Å². The fourth-order valence-electron chi connectivity index (χ4n) is 3.89. The molecule has 2 amide bonds. The minimum Gasteiger partial charge on any atom is -0.497 e. The number of hydrogen-bond donors (Lipinski definition) is 2. The number of benzene rings is 2. The molecule has 31 heavy (non-hydrogen) atoms. The largest absolute Gasteiger partial charge is 0.497 e. The van der Waals surface area contributed by atoms with E-state index >= 15 is 0 Å². The maximum Gasteiger partial charge on any atom is 0.279 e. The third-order valence-corrected chi connectivity index (χ3v) is 5.74. The SMILES string of the molecule is CCc1ccccc1NC(=O)C[NH+]1CCN(C(=O)Cc2ccc(OC)cc2OC)CC1. The fraction of sp³-hybridized carbons (Fsp3) is 0.417. The van der Waals surface area contributed by atoms with Gasteiger partial charge in [0.1, 0.15) is 11.5 Å². The van der Waals surface area contributed by atoms with Crippen molar-refractivity contribution in [3.05, 3.63) is 53.6 Å². The predicted molar refractivity (Wildman–Crippen MR) is 120 cm³/mol. The Kier molecular flexibility index (Phi) is 7.89. The molecular weight excluding hydrogens is 394 g/mol. The summed E-state index contributed by atoms with van der Waals surface area (Å²) in [6.07, 6.45) is 1.17. The van der Waals surface area contributed by atoms with Gasteiger partial charge in [-0.3, -0.25) is 9.59 Å². The van der Waals surface area contributed by atoms with Gasteiger partial charge in [-0.05, 0) is 24.1 Å². The highest BCUT2D eigenvalue weighted by Crippen LogP contribution is 2.25. The molecule has 1 heterocycles. The minimum atomic E-state index is 0.0126. The molecule has 2 aromatic rings. The van der Waals surface area contributed by atoms with Gasteiger partial charge in [-0.15, -0.1) is 0 Å². The number of piperazine rings is 1. The summed E-state index contributed by atoms with van der Waals surface area (Å²) in [5, 5.41) is 3.03. The van der Waals surface area contributed by atoms with Gasteiger partial charge in [-0.1, -0.05) is 31.2 Å². The molecule has 0 saturated carbocycles. The number of amides is 2. The van der Waals surface area contributed by atoms with Crippen LogP contribution in [-0.2, 0) is 22.4 Å². The Bertz CT molecular complexity index is 907. The molecule has 0 aliphatic carbocycles. The van der Waals surface area contributed by atoms with Gasteiger partial charge in [0.05, 0.1) is 46.8 Å². The van der Waals surface area contributed by atoms with E-state index in [1.165, 1.54) is 4.90 Å². The quantitative estimate of drug-likeness (QED) is 0.665. The molecule has 2 N–H and O–H groups in total. The number of carbonyl (C=O) groups is 2. The minimum absolute atomic E-state index is 0.0126. The van der Waals surface area contributed by atoms with E-state index in [0.29, 0.717) is 31.1 Å². The third-order valence-electron chi connectivity index (χ3n) is 5.74. The van der Waals surface area contributed by atoms with Gasteiger partial charge in [0.15, 0.2) is 6.54 Å². The first-order valence-corrected chi connectivity index (χ1v) is 10.7. The van der Waals surface area contributed by atoms with Crippen LogP contribution >= 0.6 is 0 Å². The predicted octanol–water partition coefficient (Wildman–Crippen LogP) is 1.17. The number of para-hydroxylation sites is 1. The first-order chi connectivity index (χ1) is 15.0. The lowest BCUT2D eigenvalue weighted by atomic mass is 10.1. The summed E-state index contributed by atoms with van der Waals surface area (Å²) in [5.41, 5.74) is 2.86. The van der Waals surface area contributed by atoms with E-state index in [9.17, 15) is 9.59 Å². The summed E-state index contributed by atoms with van der Waals surface area (Å²) < 4.78 is 10.6. The molecular formula is C24H32N3O4+. The van der Waals surface area contributed by atoms with E-state index in [1.807, 2.05) is 41.3 Å². The van der Waals surface area contributed by atoms with Crippen LogP contribution in [0.5, 0.6) is 11.5 Å². The smallest absolute Gasteiger partial charge is 0.279 e. The number of quaternary nitrogens is 1. The van der Waals surface area contributed by atoms with E-state index in [1.54, 1.807) is 20.3 Å². The number of anilines is 1. The summed E-state index contributed by atoms with van der Waals surface area (Å²) in [6.45, 7) is 5.29. The molecule has 2 aromatic carbocycles. The first-order valence-electron chi connectivity index (χ1n) is 10.7. The van der Waals surface area contributed by atoms with Crippen LogP contribution in [0.4, 0.5) is 5.69 Å². The molecule has 7 nitrogen and oxygen atoms in total. The number of nitrogens with zero attached hydrogens (tertiary/aromatic N) is 1. The summed E-state index contributed by atoms with van der Waals surface area (Å²) >= 11 is 0. The van der Waals surface area contributed by atoms with E-state index < -0.39 is 0 Å². The van der Waals surface area contributed by atoms with Crippen molar-refractivity contribution >= 4 is 17.5 Å². The van der Waals surface area contributed by atoms with Crippen LogP contribution in [0.25, 0.3) is 0 Å². The van der Waals surface area contributed by atoms with E-state index in [2.05, 4.69) is 12.2 Å². The van der Waals surface area contributed by atoms with Crippen LogP contribution < -0.4 is 19.7 Å². The van der Waals surface area contributed by atoms with Crippen LogP contribution in [0, 0.1) is 0 Å². The van der Waals surface area contributed by atoms with Gasteiger partial charge in [0, 0.05) is 17.3 Å². The Morgan fingerprint density at radius 3 is 2.45 bits per heavy atom. The fourth-order valence-corrected chi connectivity index (χ4v) is 3.89. The van der Waals surface area contributed by atoms with Crippen LogP contribution in [0.1, 0.15) is 18.1 Å². The van der Waals surface area contributed by atoms with Gasteiger partial charge in [-0.2, -0.15) is 0 Å². The normalized spacial score (nSPS) is 14.2. The second-order valence-electron chi connectivity index (χ2n) is 7.72. The molecule has 0 atom stereocenters. The first kappa shape index (κ1) is 22.6. The molecule has 0 bridgehead atoms. The molecule has 1 saturated heterocycles. The van der Waals surface area contributed by atoms with Gasteiger partial charge >= 0.3 is 0 Å². The zero-order valence-corrected chi connectivity index (χ0v) is 18.6. The highest BCUT2D eigenvalue weighted by molar-refractivity contribution is 5.92. The number of carbonyl (C=O) groups excluding carboxylic acids is 2. The molecule has 1 aliphatic rings. The number of nitrogens with one attached hydrogen (secondary N) is 2. The van der Waals surface area contributed by atoms with Gasteiger partial charge < -0.3 is 24.6 Å². The Balaban J connectivity index is 1.49. The number of methoxy groups -OCH3 is 2. The maximum atomic E-state index is 12.8. The average molecular weight is 427 g/mol. The molecule has 0 unspecified atom stereocenters. The van der Waals surface area contributed by atoms with Crippen molar-refractivity contribution in [3.8, 4) is 11.5 Å². The number of ether oxygens (including phenoxy) is 2. The van der Waals surface area contributed by atoms with Gasteiger partial charge in [0.2, 0.25) is 5.91 Å². The zero-order chi connectivity index (χ0) is 22.2. The molecule has 0 spiro atoms. The topological polar surface area (TPSA) is 72.3 Å². The summed E-state index contributed by atoms with van der Waals surface area (Å²) in [6, 6.07) is 13.4. The van der Waals surface area contributed by atoms with Gasteiger partial charge in [-0.25, -0.2) is 0 Å². The molecule has 1 fully saturated rings. The van der Waals surface area contributed by atoms with Crippen LogP contribution in [0.15, 0.2) is 42.5 Å². The second kappa shape index (κ2) is 10.8. The molecule has 0 radical (unpaired) electrons. The summed E-state index contributed by atoms with van der Waals surface area (Å²) in [5.74, 6) is 1.44. The monoisotopic (exact) mass is 426 g/mol. The maximum absolute atomic E-state index is 12.8. The number of rotatable bonds is 8. The lowest BCUT2D eigenvalue weighted by Crippen LogP contribution is -3.15. The standard InChI is InChI=1S/C24H31N3O4/c1-4-18-7-5-6-8-21(18)25-23(28)17-26-11-13-27(14-12-26)24(29)15-19-9-10-20(30-2)16-22(19)31-3/h5-10,16H,4,11-15,17H2,1-3H3,(H,25,28)/p+1. The van der Waals surface area contributed by atoms with Crippen molar-refractivity contribution in [3.63, 3.8) is 0 Å². The molecule has 0 aromatic heterocycles. The second-order valence-corrected chi connectivity index (χ2v) is 7.72. The zero-order valence-electron chi connectivity index (χ0n) is 18.6. The molecule has 166 valence electrons. The van der Waals surface area contributed by atoms with E-state index in [4.69, 9.17) is 9.47 Å². The Labute approximate surface area is 183 Å². The van der Waals surface area contributed by atoms with E-state index in [0.717, 1.165) is 36.3 Å². The van der Waals surface area contributed by atoms with Crippen molar-refractivity contribution in [1.29, 1.82) is 0 Å². The molecule has 7 heteroatoms. The van der Waals surface area contributed by atoms with Crippen molar-refractivity contribution in [2.24, 2.45) is 0 Å². The number of aryl methyl sites for hydroxylation is 1. The average Bonchev–Trinajstić information content (AvgIpc) is 2.80. The highest BCUT2D eigenvalue weighted by atomic mass is 16.5. The molecule has 3 rings (SSSR count). The Morgan fingerprint density at radius 2 is 1.77 bits per heavy atom. The highest BCUT2D eigenvalue weighted by Gasteiger charge is 2.26. The van der Waals surface area contributed by atoms with Crippen molar-refractivity contribution < 1.29 is 24.0 Å². The van der Waals surface area contributed by atoms with Crippen LogP contribution in [-0.4, -0.2) is 63.7 Å². The summed E-state index contributed by atoms with van der Waals surface area (Å²) in [7, 11) is 3.19. The molecule has 1 aliphatic heterocycles. The van der Waals surface area contributed by atoms with E-state index in [-0.39, 0.29) is 18.2 Å². The van der Waals surface area contributed by atoms with Gasteiger partial charge in [0.25, 0.3) is 5.91 Å². The third kappa shape index (κ3) is 5.98.